The number of nitrogens with zero attached hydrogens (tertiary/aromatic N) is 1. The highest BCUT2D eigenvalue weighted by molar-refractivity contribution is 6.33. The van der Waals surface area contributed by atoms with Crippen molar-refractivity contribution in [1.29, 1.82) is 0 Å². The van der Waals surface area contributed by atoms with Crippen molar-refractivity contribution >= 4 is 33.9 Å². The number of hydrogen-bond acceptors (Lipinski definition) is 3. The Bertz CT molecular complexity index is 511. The van der Waals surface area contributed by atoms with E-state index in [9.17, 15) is 0 Å². The van der Waals surface area contributed by atoms with Crippen LogP contribution in [0.1, 0.15) is 13.3 Å². The number of hydrogen-bond donors (Lipinski definition) is 2. The second-order valence-corrected chi connectivity index (χ2v) is 3.99. The molecular formula is C12H14ClN3. The number of pyridine rings is 1. The van der Waals surface area contributed by atoms with Gasteiger partial charge in [0.1, 0.15) is 0 Å². The van der Waals surface area contributed by atoms with Gasteiger partial charge in [0.15, 0.2) is 5.15 Å². The summed E-state index contributed by atoms with van der Waals surface area (Å²) >= 11 is 6.00. The summed E-state index contributed by atoms with van der Waals surface area (Å²) in [6, 6.07) is 7.82. The quantitative estimate of drug-likeness (QED) is 0.803. The van der Waals surface area contributed by atoms with Gasteiger partial charge in [0.05, 0.1) is 16.9 Å². The van der Waals surface area contributed by atoms with E-state index in [-0.39, 0.29) is 0 Å². The second kappa shape index (κ2) is 4.58. The molecule has 3 N–H and O–H groups in total. The maximum absolute atomic E-state index is 6.00. The summed E-state index contributed by atoms with van der Waals surface area (Å²) < 4.78 is 0. The molecule has 0 atom stereocenters. The van der Waals surface area contributed by atoms with Gasteiger partial charge in [-0.1, -0.05) is 36.7 Å². The first-order valence-electron chi connectivity index (χ1n) is 5.31. The Hall–Kier alpha value is -1.48. The number of halogens is 1. The van der Waals surface area contributed by atoms with E-state index in [1.165, 1.54) is 0 Å². The fraction of sp³-hybridized carbons (Fsp3) is 0.250. The Morgan fingerprint density at radius 1 is 1.38 bits per heavy atom. The Morgan fingerprint density at radius 2 is 2.12 bits per heavy atom. The van der Waals surface area contributed by atoms with E-state index < -0.39 is 0 Å². The average Bonchev–Trinajstić information content (AvgIpc) is 2.30. The molecule has 0 bridgehead atoms. The van der Waals surface area contributed by atoms with Gasteiger partial charge < -0.3 is 11.1 Å². The average molecular weight is 236 g/mol. The third-order valence-electron chi connectivity index (χ3n) is 2.44. The molecule has 0 unspecified atom stereocenters. The molecule has 0 amide bonds. The Kier molecular flexibility index (Phi) is 3.15. The van der Waals surface area contributed by atoms with Gasteiger partial charge >= 0.3 is 0 Å². The van der Waals surface area contributed by atoms with Crippen LogP contribution in [0.25, 0.3) is 10.9 Å². The smallest absolute Gasteiger partial charge is 0.154 e. The summed E-state index contributed by atoms with van der Waals surface area (Å²) in [4.78, 5) is 4.24. The monoisotopic (exact) mass is 235 g/mol. The Balaban J connectivity index is 2.61. The van der Waals surface area contributed by atoms with E-state index in [2.05, 4.69) is 17.2 Å². The first-order valence-corrected chi connectivity index (χ1v) is 5.69. The minimum absolute atomic E-state index is 0.359. The highest BCUT2D eigenvalue weighted by atomic mass is 35.5. The molecule has 0 radical (unpaired) electrons. The van der Waals surface area contributed by atoms with Gasteiger partial charge in [0.25, 0.3) is 0 Å². The number of fused-ring (bicyclic) bond motifs is 1. The molecule has 2 aromatic rings. The number of rotatable bonds is 3. The van der Waals surface area contributed by atoms with Crippen molar-refractivity contribution in [2.24, 2.45) is 0 Å². The van der Waals surface area contributed by atoms with Gasteiger partial charge in [-0.05, 0) is 12.5 Å². The molecule has 4 heteroatoms. The van der Waals surface area contributed by atoms with Gasteiger partial charge in [-0.2, -0.15) is 0 Å². The molecule has 16 heavy (non-hydrogen) atoms. The number of nitrogens with two attached hydrogens (primary N) is 1. The minimum atomic E-state index is 0.359. The van der Waals surface area contributed by atoms with Crippen LogP contribution in [0.3, 0.4) is 0 Å². The van der Waals surface area contributed by atoms with Crippen molar-refractivity contribution in [3.05, 3.63) is 29.4 Å². The van der Waals surface area contributed by atoms with Crippen molar-refractivity contribution in [2.75, 3.05) is 17.6 Å². The molecule has 0 saturated heterocycles. The summed E-state index contributed by atoms with van der Waals surface area (Å²) in [5, 5.41) is 4.67. The molecule has 0 aliphatic rings. The first-order chi connectivity index (χ1) is 7.74. The second-order valence-electron chi connectivity index (χ2n) is 3.64. The standard InChI is InChI=1S/C12H14ClN3/c1-2-7-15-11-8-5-3-4-6-9(8)16-12(13)10(11)14/h3-6H,2,7,14H2,1H3,(H,15,16). The Labute approximate surface area is 99.6 Å². The molecule has 0 aliphatic carbocycles. The van der Waals surface area contributed by atoms with E-state index in [1.807, 2.05) is 24.3 Å². The number of para-hydroxylation sites is 1. The highest BCUT2D eigenvalue weighted by Gasteiger charge is 2.09. The molecule has 0 saturated carbocycles. The molecule has 2 rings (SSSR count). The van der Waals surface area contributed by atoms with Crippen LogP contribution in [0.4, 0.5) is 11.4 Å². The number of anilines is 2. The minimum Gasteiger partial charge on any atom is -0.395 e. The lowest BCUT2D eigenvalue weighted by Crippen LogP contribution is -2.05. The third kappa shape index (κ3) is 1.91. The molecule has 1 aromatic carbocycles. The number of benzene rings is 1. The zero-order chi connectivity index (χ0) is 11.5. The van der Waals surface area contributed by atoms with E-state index in [4.69, 9.17) is 17.3 Å². The van der Waals surface area contributed by atoms with E-state index in [0.717, 1.165) is 29.6 Å². The maximum Gasteiger partial charge on any atom is 0.154 e. The molecule has 0 spiro atoms. The van der Waals surface area contributed by atoms with Crippen LogP contribution in [-0.2, 0) is 0 Å². The fourth-order valence-corrected chi connectivity index (χ4v) is 1.82. The molecule has 1 aromatic heterocycles. The molecule has 3 nitrogen and oxygen atoms in total. The lowest BCUT2D eigenvalue weighted by Gasteiger charge is -2.12. The third-order valence-corrected chi connectivity index (χ3v) is 2.72. The molecular weight excluding hydrogens is 222 g/mol. The number of nitrogen functional groups attached to an aromatic ring is 1. The largest absolute Gasteiger partial charge is 0.395 e. The zero-order valence-electron chi connectivity index (χ0n) is 9.13. The summed E-state index contributed by atoms with van der Waals surface area (Å²) in [7, 11) is 0. The van der Waals surface area contributed by atoms with Gasteiger partial charge in [0, 0.05) is 11.9 Å². The van der Waals surface area contributed by atoms with E-state index in [1.54, 1.807) is 0 Å². The normalized spacial score (nSPS) is 10.6. The summed E-state index contributed by atoms with van der Waals surface area (Å²) in [6.45, 7) is 2.97. The van der Waals surface area contributed by atoms with Crippen LogP contribution in [0.15, 0.2) is 24.3 Å². The van der Waals surface area contributed by atoms with Crippen molar-refractivity contribution in [1.82, 2.24) is 4.98 Å². The van der Waals surface area contributed by atoms with Crippen molar-refractivity contribution in [2.45, 2.75) is 13.3 Å². The highest BCUT2D eigenvalue weighted by Crippen LogP contribution is 2.32. The number of aromatic nitrogens is 1. The number of nitrogens with one attached hydrogen (secondary N) is 1. The first kappa shape index (κ1) is 11.0. The molecule has 1 heterocycles. The fourth-order valence-electron chi connectivity index (χ4n) is 1.64. The van der Waals surface area contributed by atoms with Crippen LogP contribution in [0, 0.1) is 0 Å². The predicted octanol–water partition coefficient (Wildman–Crippen LogP) is 3.29. The summed E-state index contributed by atoms with van der Waals surface area (Å²) in [5.41, 5.74) is 8.20. The van der Waals surface area contributed by atoms with Crippen LogP contribution in [0.5, 0.6) is 0 Å². The van der Waals surface area contributed by atoms with E-state index >= 15 is 0 Å². The molecule has 0 aliphatic heterocycles. The zero-order valence-corrected chi connectivity index (χ0v) is 9.88. The topological polar surface area (TPSA) is 50.9 Å². The van der Waals surface area contributed by atoms with E-state index in [0.29, 0.717) is 10.8 Å². The van der Waals surface area contributed by atoms with Crippen molar-refractivity contribution in [3.63, 3.8) is 0 Å². The van der Waals surface area contributed by atoms with Crippen molar-refractivity contribution < 1.29 is 0 Å². The lowest BCUT2D eigenvalue weighted by atomic mass is 10.1. The van der Waals surface area contributed by atoms with Gasteiger partial charge in [-0.15, -0.1) is 0 Å². The predicted molar refractivity (Wildman–Crippen MR) is 69.9 cm³/mol. The van der Waals surface area contributed by atoms with Gasteiger partial charge in [0.2, 0.25) is 0 Å². The van der Waals surface area contributed by atoms with Gasteiger partial charge in [-0.3, -0.25) is 0 Å². The Morgan fingerprint density at radius 3 is 2.88 bits per heavy atom. The van der Waals surface area contributed by atoms with Crippen LogP contribution >= 0.6 is 11.6 Å². The lowest BCUT2D eigenvalue weighted by molar-refractivity contribution is 0.981. The van der Waals surface area contributed by atoms with Crippen molar-refractivity contribution in [3.8, 4) is 0 Å². The molecule has 0 fully saturated rings. The van der Waals surface area contributed by atoms with Crippen LogP contribution < -0.4 is 11.1 Å². The van der Waals surface area contributed by atoms with Crippen LogP contribution in [0.2, 0.25) is 5.15 Å². The van der Waals surface area contributed by atoms with Gasteiger partial charge in [-0.25, -0.2) is 4.98 Å². The molecule has 84 valence electrons. The maximum atomic E-state index is 6.00. The SMILES string of the molecule is CCCNc1c(N)c(Cl)nc2ccccc12. The summed E-state index contributed by atoms with van der Waals surface area (Å²) in [5.74, 6) is 0. The summed E-state index contributed by atoms with van der Waals surface area (Å²) in [6.07, 6.45) is 1.04. The van der Waals surface area contributed by atoms with Crippen LogP contribution in [-0.4, -0.2) is 11.5 Å².